The monoisotopic (exact) mass is 254 g/mol. The van der Waals surface area contributed by atoms with Crippen molar-refractivity contribution in [3.63, 3.8) is 0 Å². The van der Waals surface area contributed by atoms with Crippen LogP contribution in [-0.4, -0.2) is 23.0 Å². The van der Waals surface area contributed by atoms with Crippen LogP contribution in [0.5, 0.6) is 0 Å². The third-order valence-electron chi connectivity index (χ3n) is 1.96. The number of hydrogen-bond acceptors (Lipinski definition) is 4. The minimum Gasteiger partial charge on any atom is -0.444 e. The van der Waals surface area contributed by atoms with Gasteiger partial charge in [-0.1, -0.05) is 0 Å². The molecule has 0 saturated carbocycles. The second-order valence-corrected chi connectivity index (χ2v) is 4.76. The Kier molecular flexibility index (Phi) is 4.00. The summed E-state index contributed by atoms with van der Waals surface area (Å²) in [4.78, 5) is 26.1. The molecule has 0 aromatic carbocycles. The molecule has 0 aliphatic heterocycles. The van der Waals surface area contributed by atoms with Crippen molar-refractivity contribution in [3.05, 3.63) is 23.1 Å². The fourth-order valence-corrected chi connectivity index (χ4v) is 1.21. The fraction of sp³-hybridized carbons (Fsp3) is 0.417. The molecule has 1 aromatic heterocycles. The number of hydrogen-bond donors (Lipinski definition) is 1. The molecule has 5 nitrogen and oxygen atoms in total. The Balaban J connectivity index is 2.95. The summed E-state index contributed by atoms with van der Waals surface area (Å²) in [6, 6.07) is 0. The van der Waals surface area contributed by atoms with Crippen molar-refractivity contribution >= 4 is 18.2 Å². The van der Waals surface area contributed by atoms with Gasteiger partial charge in [0.15, 0.2) is 6.29 Å². The van der Waals surface area contributed by atoms with Crippen molar-refractivity contribution in [1.82, 2.24) is 4.98 Å². The van der Waals surface area contributed by atoms with Gasteiger partial charge in [0.2, 0.25) is 0 Å². The molecule has 0 spiro atoms. The number of nitrogens with one attached hydrogen (secondary N) is 1. The van der Waals surface area contributed by atoms with E-state index in [1.807, 2.05) is 0 Å². The summed E-state index contributed by atoms with van der Waals surface area (Å²) in [5, 5.41) is 2.24. The summed E-state index contributed by atoms with van der Waals surface area (Å²) in [6.45, 7) is 6.55. The molecule has 1 N–H and O–H groups in total. The molecule has 1 rings (SSSR count). The molecule has 0 unspecified atom stereocenters. The highest BCUT2D eigenvalue weighted by molar-refractivity contribution is 5.91. The van der Waals surface area contributed by atoms with E-state index in [0.717, 1.165) is 0 Å². The Morgan fingerprint density at radius 3 is 2.61 bits per heavy atom. The lowest BCUT2D eigenvalue weighted by molar-refractivity contribution is 0.0635. The summed E-state index contributed by atoms with van der Waals surface area (Å²) < 4.78 is 18.6. The van der Waals surface area contributed by atoms with Crippen molar-refractivity contribution in [1.29, 1.82) is 0 Å². The van der Waals surface area contributed by atoms with E-state index in [9.17, 15) is 14.0 Å². The number of aromatic nitrogens is 1. The van der Waals surface area contributed by atoms with Gasteiger partial charge in [-0.25, -0.2) is 14.2 Å². The van der Waals surface area contributed by atoms with E-state index < -0.39 is 17.5 Å². The lowest BCUT2D eigenvalue weighted by Crippen LogP contribution is -2.28. The van der Waals surface area contributed by atoms with E-state index in [0.29, 0.717) is 6.29 Å². The van der Waals surface area contributed by atoms with Crippen LogP contribution in [0.3, 0.4) is 0 Å². The molecule has 1 heterocycles. The third-order valence-corrected chi connectivity index (χ3v) is 1.96. The Morgan fingerprint density at radius 1 is 1.50 bits per heavy atom. The fourth-order valence-electron chi connectivity index (χ4n) is 1.21. The number of anilines is 1. The first kappa shape index (κ1) is 14.1. The van der Waals surface area contributed by atoms with Gasteiger partial charge in [0.05, 0.1) is 5.56 Å². The van der Waals surface area contributed by atoms with Crippen LogP contribution in [0.2, 0.25) is 0 Å². The molecule has 0 saturated heterocycles. The number of nitrogens with zero attached hydrogens (tertiary/aromatic N) is 1. The zero-order valence-electron chi connectivity index (χ0n) is 10.7. The van der Waals surface area contributed by atoms with Crippen molar-refractivity contribution in [3.8, 4) is 0 Å². The van der Waals surface area contributed by atoms with E-state index in [4.69, 9.17) is 4.74 Å². The zero-order chi connectivity index (χ0) is 13.9. The number of carbonyl (C=O) groups is 2. The first-order valence-electron chi connectivity index (χ1n) is 5.35. The van der Waals surface area contributed by atoms with Gasteiger partial charge in [0.25, 0.3) is 0 Å². The quantitative estimate of drug-likeness (QED) is 0.824. The number of aldehydes is 1. The third kappa shape index (κ3) is 3.51. The van der Waals surface area contributed by atoms with Crippen molar-refractivity contribution in [2.45, 2.75) is 33.3 Å². The summed E-state index contributed by atoms with van der Waals surface area (Å²) in [5.41, 5.74) is -0.748. The average molecular weight is 254 g/mol. The van der Waals surface area contributed by atoms with Gasteiger partial charge in [-0.2, -0.15) is 0 Å². The number of pyridine rings is 1. The van der Waals surface area contributed by atoms with Crippen LogP contribution in [0, 0.1) is 12.7 Å². The van der Waals surface area contributed by atoms with Gasteiger partial charge in [-0.3, -0.25) is 10.1 Å². The largest absolute Gasteiger partial charge is 0.444 e. The summed E-state index contributed by atoms with van der Waals surface area (Å²) >= 11 is 0. The minimum absolute atomic E-state index is 0.151. The molecule has 98 valence electrons. The summed E-state index contributed by atoms with van der Waals surface area (Å²) in [7, 11) is 0. The SMILES string of the molecule is Cc1cnc(NC(=O)OC(C)(C)C)c(C=O)c1F. The normalized spacial score (nSPS) is 10.9. The van der Waals surface area contributed by atoms with Gasteiger partial charge in [0.1, 0.15) is 17.2 Å². The van der Waals surface area contributed by atoms with Crippen LogP contribution in [0.4, 0.5) is 15.0 Å². The van der Waals surface area contributed by atoms with Gasteiger partial charge < -0.3 is 4.74 Å². The standard InChI is InChI=1S/C12H15FN2O3/c1-7-5-14-10(8(6-16)9(7)13)15-11(17)18-12(2,3)4/h5-6H,1-4H3,(H,14,15,17). The maximum absolute atomic E-state index is 13.6. The zero-order valence-corrected chi connectivity index (χ0v) is 10.7. The molecule has 1 aromatic rings. The molecular formula is C12H15FN2O3. The maximum Gasteiger partial charge on any atom is 0.413 e. The highest BCUT2D eigenvalue weighted by Crippen LogP contribution is 2.18. The van der Waals surface area contributed by atoms with E-state index in [2.05, 4.69) is 10.3 Å². The van der Waals surface area contributed by atoms with Crippen LogP contribution in [-0.2, 0) is 4.74 Å². The van der Waals surface area contributed by atoms with Gasteiger partial charge in [-0.05, 0) is 27.7 Å². The molecule has 6 heteroatoms. The maximum atomic E-state index is 13.6. The number of ether oxygens (including phenoxy) is 1. The van der Waals surface area contributed by atoms with Crippen molar-refractivity contribution in [2.24, 2.45) is 0 Å². The highest BCUT2D eigenvalue weighted by atomic mass is 19.1. The number of halogens is 1. The van der Waals surface area contributed by atoms with Crippen LogP contribution in [0.15, 0.2) is 6.20 Å². The topological polar surface area (TPSA) is 68.3 Å². The number of rotatable bonds is 2. The van der Waals surface area contributed by atoms with Crippen LogP contribution < -0.4 is 5.32 Å². The Bertz CT molecular complexity index is 481. The molecule has 0 bridgehead atoms. The smallest absolute Gasteiger partial charge is 0.413 e. The molecular weight excluding hydrogens is 239 g/mol. The Morgan fingerprint density at radius 2 is 2.11 bits per heavy atom. The average Bonchev–Trinajstić information content (AvgIpc) is 2.21. The Hall–Kier alpha value is -1.98. The predicted molar refractivity (Wildman–Crippen MR) is 64.2 cm³/mol. The van der Waals surface area contributed by atoms with Crippen LogP contribution in [0.25, 0.3) is 0 Å². The second kappa shape index (κ2) is 5.12. The van der Waals surface area contributed by atoms with E-state index in [1.165, 1.54) is 13.1 Å². The molecule has 0 atom stereocenters. The van der Waals surface area contributed by atoms with E-state index in [1.54, 1.807) is 20.8 Å². The molecule has 1 amide bonds. The molecule has 0 fully saturated rings. The first-order valence-corrected chi connectivity index (χ1v) is 5.35. The predicted octanol–water partition coefficient (Wildman–Crippen LogP) is 2.69. The van der Waals surface area contributed by atoms with Crippen LogP contribution >= 0.6 is 0 Å². The van der Waals surface area contributed by atoms with Crippen molar-refractivity contribution < 1.29 is 18.7 Å². The number of aryl methyl sites for hydroxylation is 1. The highest BCUT2D eigenvalue weighted by Gasteiger charge is 2.19. The van der Waals surface area contributed by atoms with Gasteiger partial charge in [-0.15, -0.1) is 0 Å². The lowest BCUT2D eigenvalue weighted by atomic mass is 10.2. The molecule has 0 radical (unpaired) electrons. The number of amides is 1. The Labute approximate surface area is 104 Å². The molecule has 0 aliphatic rings. The van der Waals surface area contributed by atoms with Gasteiger partial charge in [0, 0.05) is 11.8 Å². The summed E-state index contributed by atoms with van der Waals surface area (Å²) in [6.07, 6.45) is 0.748. The van der Waals surface area contributed by atoms with Crippen molar-refractivity contribution in [2.75, 3.05) is 5.32 Å². The minimum atomic E-state index is -0.790. The molecule has 18 heavy (non-hydrogen) atoms. The van der Waals surface area contributed by atoms with E-state index >= 15 is 0 Å². The lowest BCUT2D eigenvalue weighted by Gasteiger charge is -2.19. The summed E-state index contributed by atoms with van der Waals surface area (Å²) in [5.74, 6) is -0.853. The number of carbonyl (C=O) groups excluding carboxylic acids is 2. The first-order chi connectivity index (χ1) is 8.24. The van der Waals surface area contributed by atoms with Gasteiger partial charge >= 0.3 is 6.09 Å². The second-order valence-electron chi connectivity index (χ2n) is 4.76. The molecule has 0 aliphatic carbocycles. The van der Waals surface area contributed by atoms with E-state index in [-0.39, 0.29) is 16.9 Å². The van der Waals surface area contributed by atoms with Crippen LogP contribution in [0.1, 0.15) is 36.7 Å².